The maximum atomic E-state index is 12.1. The van der Waals surface area contributed by atoms with Crippen molar-refractivity contribution in [2.75, 3.05) is 59.3 Å². The molecular weight excluding hydrogens is 752 g/mol. The van der Waals surface area contributed by atoms with E-state index in [4.69, 9.17) is 28.4 Å². The number of unbranched alkanes of at least 4 members (excludes halogenated alkanes) is 1. The van der Waals surface area contributed by atoms with Gasteiger partial charge in [0.15, 0.2) is 0 Å². The Morgan fingerprint density at radius 1 is 0.655 bits per heavy atom. The molecule has 4 atom stereocenters. The number of hydrogen-bond acceptors (Lipinski definition) is 12. The fourth-order valence-electron chi connectivity index (χ4n) is 7.11. The Morgan fingerprint density at radius 2 is 1.14 bits per heavy atom. The highest BCUT2D eigenvalue weighted by Crippen LogP contribution is 2.45. The number of hydrogen-bond donors (Lipinski definition) is 4. The Morgan fingerprint density at radius 3 is 1.67 bits per heavy atom. The summed E-state index contributed by atoms with van der Waals surface area (Å²) in [6.45, 7) is 25.5. The topological polar surface area (TPSA) is 206 Å². The highest BCUT2D eigenvalue weighted by molar-refractivity contribution is 5.81. The maximum Gasteiger partial charge on any atom is 0.407 e. The molecule has 0 aromatic heterocycles. The smallest absolute Gasteiger partial charge is 0.407 e. The first-order valence-electron chi connectivity index (χ1n) is 20.5. The number of carbonyl (C=O) groups is 6. The van der Waals surface area contributed by atoms with Gasteiger partial charge in [-0.05, 0) is 74.5 Å². The lowest BCUT2D eigenvalue weighted by Gasteiger charge is -2.46. The van der Waals surface area contributed by atoms with Crippen LogP contribution in [0.15, 0.2) is 25.3 Å². The van der Waals surface area contributed by atoms with Crippen LogP contribution < -0.4 is 21.3 Å². The van der Waals surface area contributed by atoms with Crippen LogP contribution >= 0.6 is 0 Å². The van der Waals surface area contributed by atoms with Crippen molar-refractivity contribution in [2.24, 2.45) is 16.2 Å². The molecule has 4 unspecified atom stereocenters. The van der Waals surface area contributed by atoms with E-state index in [1.807, 2.05) is 6.92 Å². The number of rotatable bonds is 20. The zero-order valence-electron chi connectivity index (χ0n) is 36.6. The third-order valence-electron chi connectivity index (χ3n) is 9.16. The Hall–Kier alpha value is -4.34. The van der Waals surface area contributed by atoms with Gasteiger partial charge in [0.05, 0.1) is 6.61 Å². The minimum atomic E-state index is -0.560. The second-order valence-corrected chi connectivity index (χ2v) is 16.2. The van der Waals surface area contributed by atoms with Gasteiger partial charge in [0.2, 0.25) is 5.91 Å². The third kappa shape index (κ3) is 27.3. The molecule has 0 aromatic rings. The molecule has 58 heavy (non-hydrogen) atoms. The lowest BCUT2D eigenvalue weighted by molar-refractivity contribution is -0.139. The minimum Gasteiger partial charge on any atom is -0.459 e. The lowest BCUT2D eigenvalue weighted by Crippen LogP contribution is -2.50. The van der Waals surface area contributed by atoms with Crippen LogP contribution in [0.5, 0.6) is 0 Å². The van der Waals surface area contributed by atoms with E-state index in [0.717, 1.165) is 63.5 Å². The normalized spacial score (nSPS) is 21.7. The van der Waals surface area contributed by atoms with Gasteiger partial charge in [-0.1, -0.05) is 67.5 Å². The van der Waals surface area contributed by atoms with Crippen LogP contribution in [0.1, 0.15) is 125 Å². The van der Waals surface area contributed by atoms with E-state index in [2.05, 4.69) is 76.0 Å². The van der Waals surface area contributed by atoms with Crippen LogP contribution in [-0.4, -0.2) is 108 Å². The molecule has 0 heterocycles. The molecular formula is C42H82N4O12. The summed E-state index contributed by atoms with van der Waals surface area (Å²) in [6, 6.07) is -0.0749. The van der Waals surface area contributed by atoms with E-state index >= 15 is 0 Å². The van der Waals surface area contributed by atoms with E-state index in [-0.39, 0.29) is 66.4 Å². The van der Waals surface area contributed by atoms with Gasteiger partial charge in [0, 0.05) is 63.2 Å². The molecule has 16 heteroatoms. The molecule has 2 aliphatic carbocycles. The minimum absolute atomic E-state index is 0. The molecule has 2 aliphatic rings. The van der Waals surface area contributed by atoms with Crippen molar-refractivity contribution >= 4 is 36.1 Å². The predicted molar refractivity (Wildman–Crippen MR) is 229 cm³/mol. The van der Waals surface area contributed by atoms with Gasteiger partial charge in [-0.3, -0.25) is 4.79 Å². The molecule has 4 N–H and O–H groups in total. The van der Waals surface area contributed by atoms with Crippen LogP contribution in [0, 0.1) is 16.2 Å². The van der Waals surface area contributed by atoms with Crippen molar-refractivity contribution in [3.8, 4) is 0 Å². The average Bonchev–Trinajstić information content (AvgIpc) is 3.14. The number of alkyl carbamates (subject to hydrolysis) is 3. The molecule has 0 spiro atoms. The van der Waals surface area contributed by atoms with Crippen molar-refractivity contribution in [3.63, 3.8) is 0 Å². The Bertz CT molecular complexity index is 1300. The second kappa shape index (κ2) is 29.8. The lowest BCUT2D eigenvalue weighted by atomic mass is 9.62. The van der Waals surface area contributed by atoms with Gasteiger partial charge in [-0.2, -0.15) is 0 Å². The van der Waals surface area contributed by atoms with E-state index in [1.165, 1.54) is 13.3 Å². The van der Waals surface area contributed by atoms with Crippen LogP contribution in [0.3, 0.4) is 0 Å². The highest BCUT2D eigenvalue weighted by atomic mass is 16.6. The fraction of sp³-hybridized carbons (Fsp3) is 0.762. The molecule has 16 nitrogen and oxygen atoms in total. The summed E-state index contributed by atoms with van der Waals surface area (Å²) >= 11 is 0. The summed E-state index contributed by atoms with van der Waals surface area (Å²) in [5, 5.41) is 11.4. The highest BCUT2D eigenvalue weighted by Gasteiger charge is 2.42. The third-order valence-corrected chi connectivity index (χ3v) is 9.16. The summed E-state index contributed by atoms with van der Waals surface area (Å²) in [5.74, 6) is -1.15. The van der Waals surface area contributed by atoms with Gasteiger partial charge < -0.3 is 49.7 Å². The molecule has 0 saturated heterocycles. The van der Waals surface area contributed by atoms with Gasteiger partial charge in [0.25, 0.3) is 0 Å². The fourth-order valence-corrected chi connectivity index (χ4v) is 7.11. The van der Waals surface area contributed by atoms with Crippen molar-refractivity contribution in [3.05, 3.63) is 25.3 Å². The maximum absolute atomic E-state index is 12.1. The Kier molecular flexibility index (Phi) is 27.6. The summed E-state index contributed by atoms with van der Waals surface area (Å²) in [6.07, 6.45) is 9.54. The summed E-state index contributed by atoms with van der Waals surface area (Å²) < 4.78 is 30.1. The molecule has 4 amide bonds. The van der Waals surface area contributed by atoms with E-state index in [9.17, 15) is 28.8 Å². The van der Waals surface area contributed by atoms with Gasteiger partial charge in [0.1, 0.15) is 26.4 Å². The summed E-state index contributed by atoms with van der Waals surface area (Å²) in [4.78, 5) is 68.8. The largest absolute Gasteiger partial charge is 0.459 e. The molecule has 0 aromatic carbocycles. The number of carbonyl (C=O) groups excluding carboxylic acids is 6. The standard InChI is InChI=1S/C23H40N2O7.C16H26N2O5.C3H8.4H2/c1-6-19(26)30-12-13-32-21(28)25-18-14-22(3,4)16-23(5,15-18)17-24-20(27)31-11-9-8-10-29-7-2;1-4-14(20)22-8-9-23-15(21)18-13-6-5-7-16(3,10-13)11-17-12(2)19;1-3-2;;;;/h6,18H,1,7-17H2,2-5H3,(H,24,27)(H,25,28);4,13H,1,5-11H2,2-3H3,(H,17,19)(H,18,21);3H2,1-2H3;4*1H. The van der Waals surface area contributed by atoms with Crippen molar-refractivity contribution in [1.29, 1.82) is 0 Å². The number of nitrogens with one attached hydrogen (secondary N) is 4. The van der Waals surface area contributed by atoms with Crippen molar-refractivity contribution in [1.82, 2.24) is 21.3 Å². The van der Waals surface area contributed by atoms with Crippen molar-refractivity contribution < 1.29 is 62.9 Å². The molecule has 2 fully saturated rings. The summed E-state index contributed by atoms with van der Waals surface area (Å²) in [5.41, 5.74) is -0.246. The van der Waals surface area contributed by atoms with E-state index in [1.54, 1.807) is 0 Å². The number of ether oxygens (including phenoxy) is 6. The quantitative estimate of drug-likeness (QED) is 0.0407. The summed E-state index contributed by atoms with van der Waals surface area (Å²) in [7, 11) is 0. The Labute approximate surface area is 352 Å². The first kappa shape index (κ1) is 53.7. The zero-order chi connectivity index (χ0) is 44.0. The molecule has 0 radical (unpaired) electrons. The van der Waals surface area contributed by atoms with Crippen LogP contribution in [0.25, 0.3) is 0 Å². The van der Waals surface area contributed by atoms with Crippen LogP contribution in [0.4, 0.5) is 14.4 Å². The SMILES string of the molecule is C=CC(=O)OCCOC(=O)NC1CC(C)(C)CC(C)(CNC(=O)OCCCCOCC)C1.C=CC(=O)OCCOC(=O)NC1CCCC(C)(CNC(C)=O)C1.CCC.[HH].[HH].[HH].[HH]. The second-order valence-electron chi connectivity index (χ2n) is 16.2. The van der Waals surface area contributed by atoms with Crippen molar-refractivity contribution in [2.45, 2.75) is 132 Å². The number of esters is 2. The van der Waals surface area contributed by atoms with Crippen LogP contribution in [0.2, 0.25) is 0 Å². The Balaban J connectivity index is -0.000000321. The first-order valence-corrected chi connectivity index (χ1v) is 20.5. The van der Waals surface area contributed by atoms with E-state index < -0.39 is 30.2 Å². The zero-order valence-corrected chi connectivity index (χ0v) is 36.6. The average molecular weight is 835 g/mol. The van der Waals surface area contributed by atoms with E-state index in [0.29, 0.717) is 39.3 Å². The predicted octanol–water partition coefficient (Wildman–Crippen LogP) is 7.50. The molecule has 2 saturated carbocycles. The van der Waals surface area contributed by atoms with Gasteiger partial charge in [-0.25, -0.2) is 24.0 Å². The molecule has 0 bridgehead atoms. The number of amides is 4. The van der Waals surface area contributed by atoms with Gasteiger partial charge in [-0.15, -0.1) is 0 Å². The molecule has 2 rings (SSSR count). The first-order chi connectivity index (χ1) is 27.3. The molecule has 0 aliphatic heterocycles. The van der Waals surface area contributed by atoms with Gasteiger partial charge >= 0.3 is 30.2 Å². The molecule has 342 valence electrons. The van der Waals surface area contributed by atoms with Crippen LogP contribution in [-0.2, 0) is 42.8 Å². The monoisotopic (exact) mass is 835 g/mol.